The first-order valence-corrected chi connectivity index (χ1v) is 11.7. The summed E-state index contributed by atoms with van der Waals surface area (Å²) in [6.07, 6.45) is 7.58. The van der Waals surface area contributed by atoms with Gasteiger partial charge in [0.05, 0.1) is 23.1 Å². The number of anilines is 1. The maximum atomic E-state index is 12.8. The van der Waals surface area contributed by atoms with E-state index in [0.29, 0.717) is 29.4 Å². The summed E-state index contributed by atoms with van der Waals surface area (Å²) in [7, 11) is 1.97. The Morgan fingerprint density at radius 3 is 2.72 bits per heavy atom. The molecular weight excluding hydrogens is 454 g/mol. The second-order valence-electron chi connectivity index (χ2n) is 8.52. The van der Waals surface area contributed by atoms with Crippen LogP contribution in [0.3, 0.4) is 0 Å². The molecule has 3 heterocycles. The average molecular weight is 482 g/mol. The normalized spacial score (nSPS) is 11.4. The van der Waals surface area contributed by atoms with Crippen molar-refractivity contribution in [1.82, 2.24) is 29.1 Å². The fourth-order valence-corrected chi connectivity index (χ4v) is 3.95. The Balaban J connectivity index is 1.34. The van der Waals surface area contributed by atoms with E-state index in [-0.39, 0.29) is 5.91 Å². The van der Waals surface area contributed by atoms with Crippen molar-refractivity contribution in [3.63, 3.8) is 0 Å². The first-order chi connectivity index (χ1) is 17.4. The van der Waals surface area contributed by atoms with Gasteiger partial charge < -0.3 is 14.6 Å². The van der Waals surface area contributed by atoms with E-state index in [1.165, 1.54) is 0 Å². The zero-order chi connectivity index (χ0) is 25.2. The number of ether oxygens (including phenoxy) is 1. The van der Waals surface area contributed by atoms with E-state index in [4.69, 9.17) is 4.74 Å². The van der Waals surface area contributed by atoms with Crippen molar-refractivity contribution in [3.05, 3.63) is 83.8 Å². The Kier molecular flexibility index (Phi) is 6.12. The van der Waals surface area contributed by atoms with Gasteiger partial charge in [0, 0.05) is 49.2 Å². The van der Waals surface area contributed by atoms with E-state index in [2.05, 4.69) is 20.5 Å². The molecule has 0 aliphatic carbocycles. The highest BCUT2D eigenvalue weighted by molar-refractivity contribution is 6.03. The largest absolute Gasteiger partial charge is 0.457 e. The smallest absolute Gasteiger partial charge is 0.273 e. The number of nitrogens with zero attached hydrogens (tertiary/aromatic N) is 6. The molecule has 0 atom stereocenters. The number of hydrogen-bond donors (Lipinski definition) is 1. The average Bonchev–Trinajstić information content (AvgIpc) is 3.54. The predicted molar refractivity (Wildman–Crippen MR) is 140 cm³/mol. The third kappa shape index (κ3) is 4.76. The summed E-state index contributed by atoms with van der Waals surface area (Å²) in [5.41, 5.74) is 3.73. The predicted octanol–water partition coefficient (Wildman–Crippen LogP) is 5.28. The minimum atomic E-state index is -0.213. The fourth-order valence-electron chi connectivity index (χ4n) is 3.95. The second kappa shape index (κ2) is 9.53. The van der Waals surface area contributed by atoms with Gasteiger partial charge in [-0.05, 0) is 57.2 Å². The number of nitrogens with one attached hydrogen (secondary N) is 1. The van der Waals surface area contributed by atoms with Crippen molar-refractivity contribution in [3.8, 4) is 11.5 Å². The molecule has 0 aliphatic rings. The molecule has 3 aromatic heterocycles. The van der Waals surface area contributed by atoms with Gasteiger partial charge in [-0.1, -0.05) is 6.07 Å². The number of amides is 1. The van der Waals surface area contributed by atoms with Gasteiger partial charge in [-0.15, -0.1) is 0 Å². The lowest BCUT2D eigenvalue weighted by molar-refractivity contribution is 0.101. The van der Waals surface area contributed by atoms with Crippen LogP contribution >= 0.6 is 0 Å². The molecule has 5 aromatic rings. The van der Waals surface area contributed by atoms with Gasteiger partial charge in [0.15, 0.2) is 0 Å². The van der Waals surface area contributed by atoms with Crippen LogP contribution in [-0.4, -0.2) is 35.0 Å². The van der Waals surface area contributed by atoms with Gasteiger partial charge in [0.1, 0.15) is 23.0 Å². The first-order valence-electron chi connectivity index (χ1n) is 11.7. The fraction of sp³-hybridized carbons (Fsp3) is 0.185. The molecule has 5 rings (SSSR count). The number of fused-ring (bicyclic) bond motifs is 1. The molecule has 0 bridgehead atoms. The third-order valence-electron chi connectivity index (χ3n) is 5.85. The first kappa shape index (κ1) is 23.1. The molecule has 0 aliphatic heterocycles. The van der Waals surface area contributed by atoms with Crippen LogP contribution in [0.4, 0.5) is 5.69 Å². The van der Waals surface area contributed by atoms with Crippen LogP contribution in [0.5, 0.6) is 11.5 Å². The molecule has 182 valence electrons. The van der Waals surface area contributed by atoms with Crippen LogP contribution in [0.25, 0.3) is 23.2 Å². The van der Waals surface area contributed by atoms with Gasteiger partial charge in [-0.25, -0.2) is 9.67 Å². The van der Waals surface area contributed by atoms with Crippen molar-refractivity contribution < 1.29 is 9.53 Å². The Morgan fingerprint density at radius 2 is 1.94 bits per heavy atom. The van der Waals surface area contributed by atoms with E-state index in [0.717, 1.165) is 28.1 Å². The van der Waals surface area contributed by atoms with Crippen molar-refractivity contribution in [2.75, 3.05) is 5.32 Å². The van der Waals surface area contributed by atoms with Crippen molar-refractivity contribution in [2.24, 2.45) is 7.05 Å². The SMILES string of the molecule is CCn1nc(C)cc1C(=O)Nc1cccc(Oc2ccc3cnn(C=Cc4cn(C)c(C)n4)c3c2)c1. The molecule has 0 unspecified atom stereocenters. The Morgan fingerprint density at radius 1 is 1.11 bits per heavy atom. The molecule has 1 amide bonds. The topological polar surface area (TPSA) is 91.8 Å². The van der Waals surface area contributed by atoms with Gasteiger partial charge in [0.2, 0.25) is 0 Å². The van der Waals surface area contributed by atoms with Gasteiger partial charge in [0.25, 0.3) is 5.91 Å². The van der Waals surface area contributed by atoms with Crippen LogP contribution in [0.2, 0.25) is 0 Å². The lowest BCUT2D eigenvalue weighted by atomic mass is 10.2. The summed E-state index contributed by atoms with van der Waals surface area (Å²) in [4.78, 5) is 17.3. The van der Waals surface area contributed by atoms with Gasteiger partial charge >= 0.3 is 0 Å². The zero-order valence-electron chi connectivity index (χ0n) is 20.6. The lowest BCUT2D eigenvalue weighted by Crippen LogP contribution is -2.17. The zero-order valence-corrected chi connectivity index (χ0v) is 20.6. The van der Waals surface area contributed by atoms with Crippen LogP contribution < -0.4 is 10.1 Å². The highest BCUT2D eigenvalue weighted by Gasteiger charge is 2.14. The van der Waals surface area contributed by atoms with Gasteiger partial charge in [-0.3, -0.25) is 9.48 Å². The number of carbonyl (C=O) groups is 1. The highest BCUT2D eigenvalue weighted by Crippen LogP contribution is 2.28. The van der Waals surface area contributed by atoms with Crippen LogP contribution in [0.15, 0.2) is 60.9 Å². The third-order valence-corrected chi connectivity index (χ3v) is 5.85. The molecular formula is C27H27N7O2. The molecule has 0 saturated carbocycles. The molecule has 9 nitrogen and oxygen atoms in total. The Hall–Kier alpha value is -4.66. The molecule has 2 aromatic carbocycles. The van der Waals surface area contributed by atoms with Crippen molar-refractivity contribution in [1.29, 1.82) is 0 Å². The molecule has 9 heteroatoms. The Bertz CT molecular complexity index is 1570. The highest BCUT2D eigenvalue weighted by atomic mass is 16.5. The number of benzene rings is 2. The van der Waals surface area contributed by atoms with Crippen molar-refractivity contribution >= 4 is 34.8 Å². The molecule has 0 fully saturated rings. The van der Waals surface area contributed by atoms with E-state index in [9.17, 15) is 4.79 Å². The minimum Gasteiger partial charge on any atom is -0.457 e. The maximum absolute atomic E-state index is 12.8. The number of imidazole rings is 1. The summed E-state index contributed by atoms with van der Waals surface area (Å²) in [5, 5.41) is 12.7. The Labute approximate surface area is 208 Å². The standard InChI is InChI=1S/C27H27N7O2/c1-5-33-26(13-18(2)31-33)27(35)30-21-7-6-8-23(14-21)36-24-10-9-20-16-28-34(25(20)15-24)12-11-22-17-32(4)19(3)29-22/h6-17H,5H2,1-4H3,(H,30,35). The van der Waals surface area contributed by atoms with E-state index >= 15 is 0 Å². The summed E-state index contributed by atoms with van der Waals surface area (Å²) in [5.74, 6) is 2.00. The van der Waals surface area contributed by atoms with Crippen LogP contribution in [0, 0.1) is 13.8 Å². The van der Waals surface area contributed by atoms with E-state index < -0.39 is 0 Å². The molecule has 0 spiro atoms. The summed E-state index contributed by atoms with van der Waals surface area (Å²) < 4.78 is 11.6. The number of aryl methyl sites for hydroxylation is 4. The molecule has 0 radical (unpaired) electrons. The monoisotopic (exact) mass is 481 g/mol. The maximum Gasteiger partial charge on any atom is 0.273 e. The number of aromatic nitrogens is 6. The van der Waals surface area contributed by atoms with E-state index in [1.54, 1.807) is 21.5 Å². The van der Waals surface area contributed by atoms with Crippen LogP contribution in [-0.2, 0) is 13.6 Å². The second-order valence-corrected chi connectivity index (χ2v) is 8.52. The molecule has 36 heavy (non-hydrogen) atoms. The lowest BCUT2D eigenvalue weighted by Gasteiger charge is -2.10. The quantitative estimate of drug-likeness (QED) is 0.342. The summed E-state index contributed by atoms with van der Waals surface area (Å²) in [6, 6.07) is 14.9. The van der Waals surface area contributed by atoms with Crippen LogP contribution in [0.1, 0.15) is 34.6 Å². The van der Waals surface area contributed by atoms with E-state index in [1.807, 2.05) is 93.5 Å². The number of hydrogen-bond acceptors (Lipinski definition) is 5. The van der Waals surface area contributed by atoms with Gasteiger partial charge in [-0.2, -0.15) is 10.2 Å². The molecule has 0 saturated heterocycles. The van der Waals surface area contributed by atoms with Crippen molar-refractivity contribution in [2.45, 2.75) is 27.3 Å². The number of carbonyl (C=O) groups excluding carboxylic acids is 1. The molecule has 1 N–H and O–H groups in total. The summed E-state index contributed by atoms with van der Waals surface area (Å²) in [6.45, 7) is 6.41. The minimum absolute atomic E-state index is 0.213. The summed E-state index contributed by atoms with van der Waals surface area (Å²) >= 11 is 0. The number of rotatable bonds is 7.